The summed E-state index contributed by atoms with van der Waals surface area (Å²) in [5, 5.41) is 12.9. The van der Waals surface area contributed by atoms with Crippen LogP contribution in [0, 0.1) is 17.5 Å². The highest BCUT2D eigenvalue weighted by atomic mass is 32.2. The van der Waals surface area contributed by atoms with Crippen LogP contribution in [0.5, 0.6) is 11.5 Å². The van der Waals surface area contributed by atoms with E-state index in [-0.39, 0.29) is 21.9 Å². The molecule has 0 aliphatic rings. The smallest absolute Gasteiger partial charge is 0.241 e. The molecule has 1 amide bonds. The molecule has 0 spiro atoms. The van der Waals surface area contributed by atoms with Crippen LogP contribution in [0.15, 0.2) is 59.5 Å². The molecule has 3 aromatic carbocycles. The number of halogens is 3. The summed E-state index contributed by atoms with van der Waals surface area (Å²) < 4.78 is 79.5. The first-order valence-corrected chi connectivity index (χ1v) is 11.5. The Labute approximate surface area is 199 Å². The first-order valence-electron chi connectivity index (χ1n) is 10.0. The van der Waals surface area contributed by atoms with Crippen LogP contribution < -0.4 is 19.5 Å². The zero-order valence-corrected chi connectivity index (χ0v) is 19.3. The standard InChI is InChI=1S/C23H21F3N2O6S/c1-33-19-9-7-14(11-20(19)34-2)35(31,32)27-12-21(29)28-18-8-6-13(24)10-15(18)23(30)22-16(25)4-3-5-17(22)26/h3-11,23,27,30H,12H2,1-2H3,(H,28,29). The molecule has 0 radical (unpaired) electrons. The van der Waals surface area contributed by atoms with Gasteiger partial charge in [0.2, 0.25) is 15.9 Å². The highest BCUT2D eigenvalue weighted by molar-refractivity contribution is 7.89. The fourth-order valence-corrected chi connectivity index (χ4v) is 4.22. The summed E-state index contributed by atoms with van der Waals surface area (Å²) >= 11 is 0. The zero-order chi connectivity index (χ0) is 25.8. The number of anilines is 1. The minimum absolute atomic E-state index is 0.158. The number of carbonyl (C=O) groups excluding carboxylic acids is 1. The van der Waals surface area contributed by atoms with Crippen molar-refractivity contribution in [2.75, 3.05) is 26.1 Å². The molecule has 0 saturated carbocycles. The van der Waals surface area contributed by atoms with Crippen molar-refractivity contribution < 1.29 is 41.0 Å². The van der Waals surface area contributed by atoms with Crippen molar-refractivity contribution in [1.82, 2.24) is 4.72 Å². The van der Waals surface area contributed by atoms with Crippen LogP contribution in [0.1, 0.15) is 17.2 Å². The predicted molar refractivity (Wildman–Crippen MR) is 120 cm³/mol. The van der Waals surface area contributed by atoms with Gasteiger partial charge < -0.3 is 19.9 Å². The van der Waals surface area contributed by atoms with Crippen LogP contribution in [0.3, 0.4) is 0 Å². The Balaban J connectivity index is 1.79. The number of aliphatic hydroxyl groups is 1. The van der Waals surface area contributed by atoms with Gasteiger partial charge in [-0.05, 0) is 42.5 Å². The quantitative estimate of drug-likeness (QED) is 0.408. The summed E-state index contributed by atoms with van der Waals surface area (Å²) in [4.78, 5) is 12.2. The van der Waals surface area contributed by atoms with Crippen molar-refractivity contribution in [2.24, 2.45) is 0 Å². The van der Waals surface area contributed by atoms with Gasteiger partial charge >= 0.3 is 0 Å². The van der Waals surface area contributed by atoms with E-state index in [0.717, 1.165) is 36.4 Å². The van der Waals surface area contributed by atoms with E-state index >= 15 is 0 Å². The SMILES string of the molecule is COc1ccc(S(=O)(=O)NCC(=O)Nc2ccc(F)cc2C(O)c2c(F)cccc2F)cc1OC. The van der Waals surface area contributed by atoms with Crippen LogP contribution in [-0.2, 0) is 14.8 Å². The Hall–Kier alpha value is -3.61. The number of sulfonamides is 1. The zero-order valence-electron chi connectivity index (χ0n) is 18.5. The van der Waals surface area contributed by atoms with Gasteiger partial charge in [-0.25, -0.2) is 26.3 Å². The van der Waals surface area contributed by atoms with Gasteiger partial charge in [-0.3, -0.25) is 4.79 Å². The lowest BCUT2D eigenvalue weighted by Gasteiger charge is -2.18. The predicted octanol–water partition coefficient (Wildman–Crippen LogP) is 3.12. The molecule has 1 unspecified atom stereocenters. The number of amides is 1. The molecule has 3 aromatic rings. The summed E-state index contributed by atoms with van der Waals surface area (Å²) in [5.41, 5.74) is -1.23. The topological polar surface area (TPSA) is 114 Å². The normalized spacial score (nSPS) is 12.2. The van der Waals surface area contributed by atoms with Crippen molar-refractivity contribution in [3.63, 3.8) is 0 Å². The minimum Gasteiger partial charge on any atom is -0.493 e. The maximum atomic E-state index is 14.1. The number of ether oxygens (including phenoxy) is 2. The van der Waals surface area contributed by atoms with E-state index in [1.54, 1.807) is 0 Å². The first-order chi connectivity index (χ1) is 16.6. The van der Waals surface area contributed by atoms with Gasteiger partial charge in [-0.1, -0.05) is 6.07 Å². The summed E-state index contributed by atoms with van der Waals surface area (Å²) in [6.07, 6.45) is -1.95. The van der Waals surface area contributed by atoms with Gasteiger partial charge in [0, 0.05) is 17.3 Å². The molecule has 8 nitrogen and oxygen atoms in total. The number of benzene rings is 3. The van der Waals surface area contributed by atoms with Gasteiger partial charge in [0.25, 0.3) is 0 Å². The number of rotatable bonds is 9. The molecular weight excluding hydrogens is 489 g/mol. The Morgan fingerprint density at radius 2 is 1.63 bits per heavy atom. The summed E-state index contributed by atoms with van der Waals surface area (Å²) in [6, 6.07) is 9.60. The maximum Gasteiger partial charge on any atom is 0.241 e. The highest BCUT2D eigenvalue weighted by Crippen LogP contribution is 2.32. The second-order valence-electron chi connectivity index (χ2n) is 7.16. The lowest BCUT2D eigenvalue weighted by atomic mass is 9.98. The van der Waals surface area contributed by atoms with Crippen LogP contribution >= 0.6 is 0 Å². The van der Waals surface area contributed by atoms with Crippen LogP contribution in [-0.4, -0.2) is 40.2 Å². The minimum atomic E-state index is -4.15. The molecule has 35 heavy (non-hydrogen) atoms. The van der Waals surface area contributed by atoms with E-state index in [0.29, 0.717) is 5.75 Å². The number of nitrogens with one attached hydrogen (secondary N) is 2. The second-order valence-corrected chi connectivity index (χ2v) is 8.93. The Morgan fingerprint density at radius 1 is 0.971 bits per heavy atom. The molecule has 0 fully saturated rings. The van der Waals surface area contributed by atoms with Crippen molar-refractivity contribution in [1.29, 1.82) is 0 Å². The lowest BCUT2D eigenvalue weighted by Crippen LogP contribution is -2.33. The largest absolute Gasteiger partial charge is 0.493 e. The molecule has 0 saturated heterocycles. The molecule has 0 heterocycles. The van der Waals surface area contributed by atoms with E-state index in [1.807, 2.05) is 0 Å². The fourth-order valence-electron chi connectivity index (χ4n) is 3.22. The average molecular weight is 510 g/mol. The number of hydrogen-bond acceptors (Lipinski definition) is 6. The van der Waals surface area contributed by atoms with E-state index in [9.17, 15) is 31.5 Å². The van der Waals surface area contributed by atoms with E-state index in [2.05, 4.69) is 10.0 Å². The Kier molecular flexibility index (Phi) is 7.99. The molecule has 0 bridgehead atoms. The Bertz CT molecular complexity index is 1330. The Morgan fingerprint density at radius 3 is 2.26 bits per heavy atom. The number of methoxy groups -OCH3 is 2. The van der Waals surface area contributed by atoms with E-state index in [1.165, 1.54) is 32.4 Å². The monoisotopic (exact) mass is 510 g/mol. The lowest BCUT2D eigenvalue weighted by molar-refractivity contribution is -0.115. The first kappa shape index (κ1) is 26.0. The molecule has 0 aliphatic heterocycles. The third-order valence-corrected chi connectivity index (χ3v) is 6.34. The third kappa shape index (κ3) is 5.91. The van der Waals surface area contributed by atoms with Crippen molar-refractivity contribution in [3.8, 4) is 11.5 Å². The molecule has 0 aliphatic carbocycles. The van der Waals surface area contributed by atoms with Gasteiger partial charge in [0.15, 0.2) is 11.5 Å². The molecule has 12 heteroatoms. The van der Waals surface area contributed by atoms with Gasteiger partial charge in [-0.15, -0.1) is 0 Å². The number of carbonyl (C=O) groups is 1. The van der Waals surface area contributed by atoms with Gasteiger partial charge in [0.1, 0.15) is 23.6 Å². The molecule has 1 atom stereocenters. The van der Waals surface area contributed by atoms with Gasteiger partial charge in [-0.2, -0.15) is 0 Å². The second kappa shape index (κ2) is 10.8. The van der Waals surface area contributed by atoms with Crippen molar-refractivity contribution >= 4 is 21.6 Å². The highest BCUT2D eigenvalue weighted by Gasteiger charge is 2.24. The third-order valence-electron chi connectivity index (χ3n) is 4.94. The van der Waals surface area contributed by atoms with Crippen molar-refractivity contribution in [3.05, 3.63) is 83.2 Å². The fraction of sp³-hybridized carbons (Fsp3) is 0.174. The number of hydrogen-bond donors (Lipinski definition) is 3. The van der Waals surface area contributed by atoms with Crippen LogP contribution in [0.4, 0.5) is 18.9 Å². The van der Waals surface area contributed by atoms with Crippen LogP contribution in [0.25, 0.3) is 0 Å². The van der Waals surface area contributed by atoms with Crippen molar-refractivity contribution in [2.45, 2.75) is 11.0 Å². The maximum absolute atomic E-state index is 14.1. The summed E-state index contributed by atoms with van der Waals surface area (Å²) in [5.74, 6) is -3.39. The van der Waals surface area contributed by atoms with Crippen LogP contribution in [0.2, 0.25) is 0 Å². The van der Waals surface area contributed by atoms with E-state index < -0.39 is 51.6 Å². The molecular formula is C23H21F3N2O6S. The van der Waals surface area contributed by atoms with E-state index in [4.69, 9.17) is 9.47 Å². The molecule has 186 valence electrons. The summed E-state index contributed by atoms with van der Waals surface area (Å²) in [6.45, 7) is -0.738. The molecule has 3 N–H and O–H groups in total. The van der Waals surface area contributed by atoms with Gasteiger partial charge in [0.05, 0.1) is 31.2 Å². The average Bonchev–Trinajstić information content (AvgIpc) is 2.83. The number of aliphatic hydroxyl groups excluding tert-OH is 1. The molecule has 3 rings (SSSR count). The molecule has 0 aromatic heterocycles. The summed E-state index contributed by atoms with van der Waals surface area (Å²) in [7, 11) is -1.43.